The maximum Gasteiger partial charge on any atom is 0.305 e. The minimum atomic E-state index is -0.258. The van der Waals surface area contributed by atoms with E-state index in [9.17, 15) is 9.59 Å². The van der Waals surface area contributed by atoms with Crippen LogP contribution in [0.15, 0.2) is 30.6 Å². The van der Waals surface area contributed by atoms with Gasteiger partial charge in [0.2, 0.25) is 5.91 Å². The number of esters is 1. The fourth-order valence-electron chi connectivity index (χ4n) is 1.44. The standard InChI is InChI=1S/C14H18N2O3/c1-16(10-4-6-14(18)19-2)13(17)8-7-12-5-3-9-15-11-12/h3,5,7-9,11H,4,6,10H2,1-2H3/b8-7+. The van der Waals surface area contributed by atoms with Crippen LogP contribution in [-0.4, -0.2) is 42.5 Å². The molecule has 0 bridgehead atoms. The van der Waals surface area contributed by atoms with Gasteiger partial charge in [0.05, 0.1) is 7.11 Å². The molecule has 1 amide bonds. The molecule has 19 heavy (non-hydrogen) atoms. The lowest BCUT2D eigenvalue weighted by atomic mass is 10.2. The predicted octanol–water partition coefficient (Wildman–Crippen LogP) is 1.51. The Hall–Kier alpha value is -2.17. The van der Waals surface area contributed by atoms with Crippen LogP contribution in [0.4, 0.5) is 0 Å². The van der Waals surface area contributed by atoms with Gasteiger partial charge in [-0.3, -0.25) is 14.6 Å². The lowest BCUT2D eigenvalue weighted by Gasteiger charge is -2.14. The highest BCUT2D eigenvalue weighted by Crippen LogP contribution is 2.01. The van der Waals surface area contributed by atoms with E-state index in [1.54, 1.807) is 30.4 Å². The molecule has 0 fully saturated rings. The van der Waals surface area contributed by atoms with Crippen LogP contribution >= 0.6 is 0 Å². The summed E-state index contributed by atoms with van der Waals surface area (Å²) in [5.41, 5.74) is 0.874. The fraction of sp³-hybridized carbons (Fsp3) is 0.357. The maximum atomic E-state index is 11.8. The van der Waals surface area contributed by atoms with E-state index in [1.165, 1.54) is 13.2 Å². The molecule has 0 aliphatic rings. The molecule has 0 aliphatic heterocycles. The summed E-state index contributed by atoms with van der Waals surface area (Å²) in [5, 5.41) is 0. The summed E-state index contributed by atoms with van der Waals surface area (Å²) in [7, 11) is 3.06. The molecular weight excluding hydrogens is 244 g/mol. The highest BCUT2D eigenvalue weighted by atomic mass is 16.5. The Balaban J connectivity index is 2.36. The minimum absolute atomic E-state index is 0.103. The maximum absolute atomic E-state index is 11.8. The van der Waals surface area contributed by atoms with Crippen LogP contribution in [-0.2, 0) is 14.3 Å². The molecule has 102 valence electrons. The number of pyridine rings is 1. The van der Waals surface area contributed by atoms with Crippen molar-refractivity contribution in [2.45, 2.75) is 12.8 Å². The van der Waals surface area contributed by atoms with Crippen molar-refractivity contribution < 1.29 is 14.3 Å². The number of hydrogen-bond acceptors (Lipinski definition) is 4. The van der Waals surface area contributed by atoms with Gasteiger partial charge in [-0.05, 0) is 24.1 Å². The monoisotopic (exact) mass is 262 g/mol. The Labute approximate surface area is 112 Å². The normalized spacial score (nSPS) is 10.4. The third-order valence-electron chi connectivity index (χ3n) is 2.58. The van der Waals surface area contributed by atoms with Crippen LogP contribution in [0.5, 0.6) is 0 Å². The van der Waals surface area contributed by atoms with Crippen molar-refractivity contribution in [3.05, 3.63) is 36.2 Å². The van der Waals surface area contributed by atoms with E-state index in [0.717, 1.165) is 5.56 Å². The van der Waals surface area contributed by atoms with Gasteiger partial charge in [0.25, 0.3) is 0 Å². The first-order chi connectivity index (χ1) is 9.13. The molecule has 1 rings (SSSR count). The van der Waals surface area contributed by atoms with Crippen LogP contribution in [0.2, 0.25) is 0 Å². The molecule has 0 aliphatic carbocycles. The number of rotatable bonds is 6. The third kappa shape index (κ3) is 5.81. The second-order valence-electron chi connectivity index (χ2n) is 4.06. The van der Waals surface area contributed by atoms with Gasteiger partial charge in [0.1, 0.15) is 0 Å². The van der Waals surface area contributed by atoms with Crippen LogP contribution in [0.1, 0.15) is 18.4 Å². The van der Waals surface area contributed by atoms with Gasteiger partial charge in [0, 0.05) is 38.5 Å². The summed E-state index contributed by atoms with van der Waals surface area (Å²) in [5.74, 6) is -0.361. The minimum Gasteiger partial charge on any atom is -0.469 e. The number of likely N-dealkylation sites (N-methyl/N-ethyl adjacent to an activating group) is 1. The Morgan fingerprint density at radius 2 is 2.26 bits per heavy atom. The summed E-state index contributed by atoms with van der Waals surface area (Å²) in [6.07, 6.45) is 7.48. The van der Waals surface area contributed by atoms with Gasteiger partial charge in [-0.2, -0.15) is 0 Å². The number of nitrogens with zero attached hydrogens (tertiary/aromatic N) is 2. The molecule has 0 unspecified atom stereocenters. The molecule has 0 spiro atoms. The van der Waals surface area contributed by atoms with Crippen molar-refractivity contribution in [1.29, 1.82) is 0 Å². The molecule has 1 heterocycles. The van der Waals surface area contributed by atoms with Crippen LogP contribution in [0.25, 0.3) is 6.08 Å². The van der Waals surface area contributed by atoms with E-state index in [2.05, 4.69) is 9.72 Å². The van der Waals surface area contributed by atoms with Gasteiger partial charge in [-0.1, -0.05) is 6.07 Å². The number of carbonyl (C=O) groups is 2. The lowest BCUT2D eigenvalue weighted by Crippen LogP contribution is -2.26. The molecule has 0 saturated heterocycles. The molecular formula is C14H18N2O3. The molecule has 5 nitrogen and oxygen atoms in total. The van der Waals surface area contributed by atoms with Gasteiger partial charge < -0.3 is 9.64 Å². The first kappa shape index (κ1) is 14.9. The first-order valence-corrected chi connectivity index (χ1v) is 6.03. The smallest absolute Gasteiger partial charge is 0.305 e. The SMILES string of the molecule is COC(=O)CCCN(C)C(=O)/C=C/c1cccnc1. The van der Waals surface area contributed by atoms with Crippen molar-refractivity contribution >= 4 is 18.0 Å². The number of aromatic nitrogens is 1. The predicted molar refractivity (Wildman–Crippen MR) is 72.2 cm³/mol. The molecule has 1 aromatic heterocycles. The van der Waals surface area contributed by atoms with Crippen molar-refractivity contribution in [3.8, 4) is 0 Å². The molecule has 0 radical (unpaired) electrons. The summed E-state index contributed by atoms with van der Waals surface area (Å²) in [6.45, 7) is 0.519. The highest BCUT2D eigenvalue weighted by Gasteiger charge is 2.06. The van der Waals surface area contributed by atoms with E-state index >= 15 is 0 Å². The number of hydrogen-bond donors (Lipinski definition) is 0. The molecule has 0 saturated carbocycles. The number of carbonyl (C=O) groups excluding carboxylic acids is 2. The second kappa shape index (κ2) is 8.02. The van der Waals surface area contributed by atoms with Crippen molar-refractivity contribution in [3.63, 3.8) is 0 Å². The zero-order valence-corrected chi connectivity index (χ0v) is 11.2. The summed E-state index contributed by atoms with van der Waals surface area (Å²) < 4.78 is 4.53. The molecule has 1 aromatic rings. The molecule has 0 aromatic carbocycles. The average Bonchev–Trinajstić information content (AvgIpc) is 2.45. The van der Waals surface area contributed by atoms with Gasteiger partial charge in [0.15, 0.2) is 0 Å². The second-order valence-corrected chi connectivity index (χ2v) is 4.06. The lowest BCUT2D eigenvalue weighted by molar-refractivity contribution is -0.141. The van der Waals surface area contributed by atoms with Crippen LogP contribution in [0, 0.1) is 0 Å². The number of amides is 1. The van der Waals surface area contributed by atoms with E-state index in [1.807, 2.05) is 12.1 Å². The zero-order valence-electron chi connectivity index (χ0n) is 11.2. The molecule has 0 N–H and O–H groups in total. The first-order valence-electron chi connectivity index (χ1n) is 6.03. The summed E-state index contributed by atoms with van der Waals surface area (Å²) in [4.78, 5) is 28.2. The van der Waals surface area contributed by atoms with Crippen LogP contribution < -0.4 is 0 Å². The van der Waals surface area contributed by atoms with Crippen molar-refractivity contribution in [2.24, 2.45) is 0 Å². The van der Waals surface area contributed by atoms with Gasteiger partial charge >= 0.3 is 5.97 Å². The quantitative estimate of drug-likeness (QED) is 0.576. The number of methoxy groups -OCH3 is 1. The highest BCUT2D eigenvalue weighted by molar-refractivity contribution is 5.91. The number of ether oxygens (including phenoxy) is 1. The average molecular weight is 262 g/mol. The summed E-state index contributed by atoms with van der Waals surface area (Å²) in [6, 6.07) is 3.68. The van der Waals surface area contributed by atoms with Crippen molar-refractivity contribution in [2.75, 3.05) is 20.7 Å². The van der Waals surface area contributed by atoms with E-state index in [4.69, 9.17) is 0 Å². The Kier molecular flexibility index (Phi) is 6.29. The summed E-state index contributed by atoms with van der Waals surface area (Å²) >= 11 is 0. The van der Waals surface area contributed by atoms with Crippen LogP contribution in [0.3, 0.4) is 0 Å². The Morgan fingerprint density at radius 3 is 2.89 bits per heavy atom. The zero-order chi connectivity index (χ0) is 14.1. The van der Waals surface area contributed by atoms with Gasteiger partial charge in [-0.15, -0.1) is 0 Å². The Morgan fingerprint density at radius 1 is 1.47 bits per heavy atom. The fourth-order valence-corrected chi connectivity index (χ4v) is 1.44. The molecule has 0 atom stereocenters. The third-order valence-corrected chi connectivity index (χ3v) is 2.58. The topological polar surface area (TPSA) is 59.5 Å². The van der Waals surface area contributed by atoms with E-state index in [0.29, 0.717) is 19.4 Å². The van der Waals surface area contributed by atoms with Gasteiger partial charge in [-0.25, -0.2) is 0 Å². The van der Waals surface area contributed by atoms with Crippen molar-refractivity contribution in [1.82, 2.24) is 9.88 Å². The largest absolute Gasteiger partial charge is 0.469 e. The Bertz CT molecular complexity index is 443. The molecule has 5 heteroatoms. The van der Waals surface area contributed by atoms with E-state index in [-0.39, 0.29) is 11.9 Å². The van der Waals surface area contributed by atoms with E-state index < -0.39 is 0 Å².